The van der Waals surface area contributed by atoms with Crippen molar-refractivity contribution in [1.29, 1.82) is 0 Å². The van der Waals surface area contributed by atoms with Crippen LogP contribution in [0.3, 0.4) is 0 Å². The number of hydrogen-bond donors (Lipinski definition) is 1. The maximum Gasteiger partial charge on any atom is 0.416 e. The van der Waals surface area contributed by atoms with Crippen molar-refractivity contribution in [2.75, 3.05) is 11.5 Å². The van der Waals surface area contributed by atoms with Crippen LogP contribution in [0.1, 0.15) is 39.0 Å². The first-order valence-electron chi connectivity index (χ1n) is 10.5. The maximum absolute atomic E-state index is 14.6. The highest BCUT2D eigenvalue weighted by Crippen LogP contribution is 2.35. The van der Waals surface area contributed by atoms with E-state index in [2.05, 4.69) is 15.0 Å². The molecule has 0 saturated carbocycles. The molecule has 33 heavy (non-hydrogen) atoms. The monoisotopic (exact) mass is 477 g/mol. The van der Waals surface area contributed by atoms with Gasteiger partial charge in [0.25, 0.3) is 0 Å². The summed E-state index contributed by atoms with van der Waals surface area (Å²) in [4.78, 5) is 27.3. The number of carbonyl (C=O) groups excluding carboxylic acids is 1. The largest absolute Gasteiger partial charge is 0.443 e. The van der Waals surface area contributed by atoms with E-state index in [4.69, 9.17) is 21.1 Å². The molecular weight excluding hydrogens is 453 g/mol. The molecule has 4 rings (SSSR count). The molecule has 1 aliphatic rings. The minimum atomic E-state index is -1.37. The Balaban J connectivity index is 1.79. The average molecular weight is 478 g/mol. The van der Waals surface area contributed by atoms with E-state index >= 15 is 0 Å². The van der Waals surface area contributed by atoms with Gasteiger partial charge in [0.05, 0.1) is 25.6 Å². The number of anilines is 1. The van der Waals surface area contributed by atoms with Crippen LogP contribution in [-0.2, 0) is 16.0 Å². The second kappa shape index (κ2) is 9.20. The summed E-state index contributed by atoms with van der Waals surface area (Å²) in [7, 11) is 0. The number of fused-ring (bicyclic) bond motifs is 1. The van der Waals surface area contributed by atoms with Crippen LogP contribution < -0.4 is 4.90 Å². The molecule has 1 saturated heterocycles. The molecule has 3 unspecified atom stereocenters. The number of alkyl halides is 1. The molecule has 9 nitrogen and oxygen atoms in total. The number of amides is 1. The van der Waals surface area contributed by atoms with E-state index in [1.54, 1.807) is 20.8 Å². The van der Waals surface area contributed by atoms with Crippen molar-refractivity contribution in [3.63, 3.8) is 0 Å². The first-order chi connectivity index (χ1) is 15.7. The lowest BCUT2D eigenvalue weighted by Crippen LogP contribution is -2.37. The van der Waals surface area contributed by atoms with Crippen molar-refractivity contribution < 1.29 is 23.8 Å². The molecule has 1 amide bonds. The van der Waals surface area contributed by atoms with Gasteiger partial charge in [0.2, 0.25) is 5.28 Å². The highest BCUT2D eigenvalue weighted by molar-refractivity contribution is 6.28. The predicted molar refractivity (Wildman–Crippen MR) is 120 cm³/mol. The van der Waals surface area contributed by atoms with Gasteiger partial charge in [-0.2, -0.15) is 9.97 Å². The van der Waals surface area contributed by atoms with Crippen LogP contribution in [0.25, 0.3) is 11.2 Å². The van der Waals surface area contributed by atoms with Crippen LogP contribution >= 0.6 is 11.6 Å². The summed E-state index contributed by atoms with van der Waals surface area (Å²) >= 11 is 6.22. The van der Waals surface area contributed by atoms with Crippen LogP contribution in [-0.4, -0.2) is 55.2 Å². The van der Waals surface area contributed by atoms with Gasteiger partial charge in [0, 0.05) is 6.42 Å². The van der Waals surface area contributed by atoms with Gasteiger partial charge in [0.15, 0.2) is 23.2 Å². The Morgan fingerprint density at radius 3 is 2.70 bits per heavy atom. The lowest BCUT2D eigenvalue weighted by Gasteiger charge is -2.27. The summed E-state index contributed by atoms with van der Waals surface area (Å²) < 4.78 is 27.3. The summed E-state index contributed by atoms with van der Waals surface area (Å²) in [6, 6.07) is 9.32. The number of aliphatic hydroxyl groups is 1. The third-order valence-corrected chi connectivity index (χ3v) is 5.20. The number of halogens is 2. The molecule has 1 fully saturated rings. The smallest absolute Gasteiger partial charge is 0.416 e. The van der Waals surface area contributed by atoms with Gasteiger partial charge in [-0.05, 0) is 37.9 Å². The zero-order chi connectivity index (χ0) is 23.8. The average Bonchev–Trinajstić information content (AvgIpc) is 3.33. The van der Waals surface area contributed by atoms with Crippen LogP contribution in [0.15, 0.2) is 36.7 Å². The van der Waals surface area contributed by atoms with Gasteiger partial charge in [-0.3, -0.25) is 9.47 Å². The molecule has 1 N–H and O–H groups in total. The number of aromatic nitrogens is 4. The standard InChI is InChI=1S/C22H25ClFN5O4/c1-22(2,3)33-21(31)28(10-13-7-5-4-6-8-13)17-16-18(27-20(23)26-17)29(12-25-16)19-15(24)9-14(11-30)32-19/h4-8,12,14-15,19,30H,9-11H2,1-3H3. The first-order valence-corrected chi connectivity index (χ1v) is 10.9. The second-order valence-electron chi connectivity index (χ2n) is 8.78. The van der Waals surface area contributed by atoms with Crippen molar-refractivity contribution in [2.24, 2.45) is 0 Å². The maximum atomic E-state index is 14.6. The molecule has 1 aliphatic heterocycles. The Labute approximate surface area is 195 Å². The zero-order valence-electron chi connectivity index (χ0n) is 18.5. The van der Waals surface area contributed by atoms with E-state index in [1.165, 1.54) is 15.8 Å². The summed E-state index contributed by atoms with van der Waals surface area (Å²) in [6.45, 7) is 5.13. The van der Waals surface area contributed by atoms with Crippen LogP contribution in [0.5, 0.6) is 0 Å². The summed E-state index contributed by atoms with van der Waals surface area (Å²) in [5.41, 5.74) is 0.529. The summed E-state index contributed by atoms with van der Waals surface area (Å²) in [6.07, 6.45) is -2.26. The number of rotatable bonds is 5. The van der Waals surface area contributed by atoms with Crippen molar-refractivity contribution in [3.8, 4) is 0 Å². The van der Waals surface area contributed by atoms with Crippen molar-refractivity contribution in [3.05, 3.63) is 47.5 Å². The van der Waals surface area contributed by atoms with E-state index in [0.29, 0.717) is 0 Å². The third kappa shape index (κ3) is 5.07. The normalized spacial score (nSPS) is 20.8. The van der Waals surface area contributed by atoms with E-state index in [0.717, 1.165) is 5.56 Å². The minimum absolute atomic E-state index is 0.0462. The van der Waals surface area contributed by atoms with Gasteiger partial charge in [-0.1, -0.05) is 30.3 Å². The fraction of sp³-hybridized carbons (Fsp3) is 0.455. The van der Waals surface area contributed by atoms with Crippen molar-refractivity contribution in [2.45, 2.75) is 57.8 Å². The van der Waals surface area contributed by atoms with Gasteiger partial charge in [-0.25, -0.2) is 14.2 Å². The van der Waals surface area contributed by atoms with E-state index in [9.17, 15) is 14.3 Å². The van der Waals surface area contributed by atoms with Gasteiger partial charge in [0.1, 0.15) is 11.8 Å². The van der Waals surface area contributed by atoms with Crippen LogP contribution in [0.4, 0.5) is 15.0 Å². The zero-order valence-corrected chi connectivity index (χ0v) is 19.2. The van der Waals surface area contributed by atoms with Gasteiger partial charge < -0.3 is 14.6 Å². The lowest BCUT2D eigenvalue weighted by molar-refractivity contribution is -0.0351. The van der Waals surface area contributed by atoms with Gasteiger partial charge >= 0.3 is 6.09 Å². The molecule has 0 bridgehead atoms. The van der Waals surface area contributed by atoms with Gasteiger partial charge in [-0.15, -0.1) is 0 Å². The molecule has 1 aromatic carbocycles. The third-order valence-electron chi connectivity index (χ3n) is 5.04. The Morgan fingerprint density at radius 1 is 1.33 bits per heavy atom. The summed E-state index contributed by atoms with van der Waals surface area (Å²) in [5.74, 6) is 0.133. The quantitative estimate of drug-likeness (QED) is 0.553. The summed E-state index contributed by atoms with van der Waals surface area (Å²) in [5, 5.41) is 9.20. The SMILES string of the molecule is CC(C)(C)OC(=O)N(Cc1ccccc1)c1nc(Cl)nc2c1ncn2C1OC(CO)CC1F. The molecular formula is C22H25ClFN5O4. The second-order valence-corrected chi connectivity index (χ2v) is 9.11. The fourth-order valence-corrected chi connectivity index (χ4v) is 3.78. The van der Waals surface area contributed by atoms with E-state index in [1.807, 2.05) is 30.3 Å². The Bertz CT molecular complexity index is 1140. The van der Waals surface area contributed by atoms with E-state index < -0.39 is 30.2 Å². The number of imidazole rings is 1. The van der Waals surface area contributed by atoms with Crippen LogP contribution in [0, 0.1) is 0 Å². The molecule has 3 heterocycles. The number of hydrogen-bond acceptors (Lipinski definition) is 7. The predicted octanol–water partition coefficient (Wildman–Crippen LogP) is 4.04. The van der Waals surface area contributed by atoms with Crippen LogP contribution in [0.2, 0.25) is 5.28 Å². The first kappa shape index (κ1) is 23.3. The molecule has 0 radical (unpaired) electrons. The number of ether oxygens (including phenoxy) is 2. The molecule has 0 spiro atoms. The number of nitrogens with zero attached hydrogens (tertiary/aromatic N) is 5. The topological polar surface area (TPSA) is 103 Å². The minimum Gasteiger partial charge on any atom is -0.443 e. The molecule has 3 aromatic rings. The van der Waals surface area contributed by atoms with Crippen molar-refractivity contribution >= 4 is 34.7 Å². The molecule has 176 valence electrons. The fourth-order valence-electron chi connectivity index (χ4n) is 3.62. The molecule has 2 aromatic heterocycles. The molecule has 11 heteroatoms. The number of benzene rings is 1. The Morgan fingerprint density at radius 2 is 2.06 bits per heavy atom. The molecule has 3 atom stereocenters. The Kier molecular flexibility index (Phi) is 6.51. The highest BCUT2D eigenvalue weighted by atomic mass is 35.5. The molecule has 0 aliphatic carbocycles. The Hall–Kier alpha value is -2.82. The number of aliphatic hydroxyl groups excluding tert-OH is 1. The highest BCUT2D eigenvalue weighted by Gasteiger charge is 2.38. The van der Waals surface area contributed by atoms with Crippen molar-refractivity contribution in [1.82, 2.24) is 19.5 Å². The van der Waals surface area contributed by atoms with E-state index in [-0.39, 0.29) is 41.8 Å². The number of carbonyl (C=O) groups is 1. The lowest BCUT2D eigenvalue weighted by atomic mass is 10.2.